The molecule has 0 fully saturated rings. The van der Waals surface area contributed by atoms with Crippen molar-refractivity contribution in [2.45, 2.75) is 0 Å². The molecule has 0 aliphatic carbocycles. The highest BCUT2D eigenvalue weighted by Crippen LogP contribution is 2.33. The van der Waals surface area contributed by atoms with E-state index < -0.39 is 5.91 Å². The van der Waals surface area contributed by atoms with Gasteiger partial charge in [0, 0.05) is 28.5 Å². The molecule has 0 unspecified atom stereocenters. The van der Waals surface area contributed by atoms with Gasteiger partial charge in [0.15, 0.2) is 11.5 Å². The number of aromatic nitrogens is 3. The lowest BCUT2D eigenvalue weighted by Gasteiger charge is -2.14. The van der Waals surface area contributed by atoms with E-state index in [4.69, 9.17) is 20.2 Å². The molecule has 30 heavy (non-hydrogen) atoms. The fourth-order valence-electron chi connectivity index (χ4n) is 3.10. The second-order valence-electron chi connectivity index (χ2n) is 6.37. The number of anilines is 2. The third-order valence-corrected chi connectivity index (χ3v) is 5.06. The summed E-state index contributed by atoms with van der Waals surface area (Å²) in [5, 5.41) is 3.21. The molecule has 0 saturated carbocycles. The number of methoxy groups -OCH3 is 2. The van der Waals surface area contributed by atoms with Gasteiger partial charge in [0.2, 0.25) is 5.95 Å². The van der Waals surface area contributed by atoms with Crippen molar-refractivity contribution in [3.05, 3.63) is 64.9 Å². The van der Waals surface area contributed by atoms with E-state index >= 15 is 0 Å². The standard InChI is InChI=1S/C21H18BrN5O3/c1-29-17-6-3-12(9-18(17)30-2)16-11-19-24-7-8-27(19)21(26-16)25-15-5-4-13(22)10-14(15)20(23)28/h3-11H,1-2H3,(H2,23,28)(H,25,26). The van der Waals surface area contributed by atoms with Crippen molar-refractivity contribution in [1.29, 1.82) is 0 Å². The van der Waals surface area contributed by atoms with Crippen LogP contribution < -0.4 is 20.5 Å². The number of halogens is 1. The molecule has 3 N–H and O–H groups in total. The van der Waals surface area contributed by atoms with Crippen LogP contribution >= 0.6 is 15.9 Å². The van der Waals surface area contributed by atoms with Crippen LogP contribution in [0.5, 0.6) is 11.5 Å². The average Bonchev–Trinajstić information content (AvgIpc) is 3.23. The minimum atomic E-state index is -0.545. The Balaban J connectivity index is 1.83. The summed E-state index contributed by atoms with van der Waals surface area (Å²) in [6, 6.07) is 12.7. The predicted molar refractivity (Wildman–Crippen MR) is 117 cm³/mol. The van der Waals surface area contributed by atoms with Crippen LogP contribution in [0.25, 0.3) is 16.9 Å². The molecular formula is C21H18BrN5O3. The van der Waals surface area contributed by atoms with E-state index in [1.54, 1.807) is 43.1 Å². The number of hydrogen-bond acceptors (Lipinski definition) is 6. The van der Waals surface area contributed by atoms with Gasteiger partial charge in [-0.3, -0.25) is 9.20 Å². The van der Waals surface area contributed by atoms with Crippen molar-refractivity contribution in [3.8, 4) is 22.8 Å². The molecule has 1 amide bonds. The van der Waals surface area contributed by atoms with Crippen LogP contribution in [0, 0.1) is 0 Å². The van der Waals surface area contributed by atoms with Gasteiger partial charge in [0.1, 0.15) is 5.65 Å². The lowest BCUT2D eigenvalue weighted by molar-refractivity contribution is 0.100. The average molecular weight is 468 g/mol. The van der Waals surface area contributed by atoms with E-state index in [1.165, 1.54) is 0 Å². The second kappa shape index (κ2) is 8.03. The minimum Gasteiger partial charge on any atom is -0.493 e. The molecule has 4 aromatic rings. The van der Waals surface area contributed by atoms with Crippen molar-refractivity contribution in [2.24, 2.45) is 5.73 Å². The third-order valence-electron chi connectivity index (χ3n) is 4.56. The molecular weight excluding hydrogens is 450 g/mol. The Morgan fingerprint density at radius 3 is 2.63 bits per heavy atom. The first-order valence-corrected chi connectivity index (χ1v) is 9.72. The summed E-state index contributed by atoms with van der Waals surface area (Å²) in [7, 11) is 3.17. The Hall–Kier alpha value is -3.59. The molecule has 2 heterocycles. The minimum absolute atomic E-state index is 0.343. The van der Waals surface area contributed by atoms with Gasteiger partial charge >= 0.3 is 0 Å². The van der Waals surface area contributed by atoms with Crippen molar-refractivity contribution in [3.63, 3.8) is 0 Å². The number of rotatable bonds is 6. The van der Waals surface area contributed by atoms with Gasteiger partial charge in [-0.2, -0.15) is 0 Å². The summed E-state index contributed by atoms with van der Waals surface area (Å²) in [5.41, 5.74) is 8.62. The maximum absolute atomic E-state index is 11.9. The van der Waals surface area contributed by atoms with Crippen LogP contribution in [0.15, 0.2) is 59.3 Å². The number of imidazole rings is 1. The van der Waals surface area contributed by atoms with Gasteiger partial charge < -0.3 is 20.5 Å². The summed E-state index contributed by atoms with van der Waals surface area (Å²) in [4.78, 5) is 21.0. The molecule has 8 nitrogen and oxygen atoms in total. The van der Waals surface area contributed by atoms with Crippen molar-refractivity contribution < 1.29 is 14.3 Å². The van der Waals surface area contributed by atoms with E-state index in [0.717, 1.165) is 10.0 Å². The van der Waals surface area contributed by atoms with Gasteiger partial charge in [-0.15, -0.1) is 0 Å². The smallest absolute Gasteiger partial charge is 0.250 e. The van der Waals surface area contributed by atoms with Gasteiger partial charge in [-0.25, -0.2) is 9.97 Å². The number of fused-ring (bicyclic) bond motifs is 1. The van der Waals surface area contributed by atoms with Crippen LogP contribution in [0.2, 0.25) is 0 Å². The Morgan fingerprint density at radius 2 is 1.90 bits per heavy atom. The topological polar surface area (TPSA) is 104 Å². The zero-order valence-corrected chi connectivity index (χ0v) is 17.8. The number of carbonyl (C=O) groups excluding carboxylic acids is 1. The Labute approximate surface area is 180 Å². The van der Waals surface area contributed by atoms with E-state index in [2.05, 4.69) is 26.2 Å². The van der Waals surface area contributed by atoms with Gasteiger partial charge in [0.05, 0.1) is 31.2 Å². The summed E-state index contributed by atoms with van der Waals surface area (Å²) in [6.07, 6.45) is 3.46. The number of hydrogen-bond donors (Lipinski definition) is 2. The first-order valence-electron chi connectivity index (χ1n) is 8.93. The van der Waals surface area contributed by atoms with Crippen LogP contribution in [0.3, 0.4) is 0 Å². The number of amides is 1. The lowest BCUT2D eigenvalue weighted by atomic mass is 10.1. The second-order valence-corrected chi connectivity index (χ2v) is 7.29. The molecule has 0 aliphatic rings. The van der Waals surface area contributed by atoms with Gasteiger partial charge in [-0.05, 0) is 36.4 Å². The molecule has 0 aliphatic heterocycles. The monoisotopic (exact) mass is 467 g/mol. The van der Waals surface area contributed by atoms with Crippen molar-refractivity contribution in [2.75, 3.05) is 19.5 Å². The molecule has 0 atom stereocenters. The summed E-state index contributed by atoms with van der Waals surface area (Å²) in [6.45, 7) is 0. The fourth-order valence-corrected chi connectivity index (χ4v) is 3.47. The molecule has 0 bridgehead atoms. The molecule has 4 rings (SSSR count). The number of benzene rings is 2. The highest BCUT2D eigenvalue weighted by Gasteiger charge is 2.14. The Morgan fingerprint density at radius 1 is 1.10 bits per heavy atom. The number of nitrogens with two attached hydrogens (primary N) is 1. The van der Waals surface area contributed by atoms with Crippen molar-refractivity contribution >= 4 is 39.1 Å². The Kier molecular flexibility index (Phi) is 5.28. The van der Waals surface area contributed by atoms with Crippen LogP contribution in [0.1, 0.15) is 10.4 Å². The first kappa shape index (κ1) is 19.7. The van der Waals surface area contributed by atoms with E-state index in [1.807, 2.05) is 30.3 Å². The number of primary amides is 1. The number of nitrogens with zero attached hydrogens (tertiary/aromatic N) is 3. The largest absolute Gasteiger partial charge is 0.493 e. The molecule has 9 heteroatoms. The van der Waals surface area contributed by atoms with E-state index in [0.29, 0.717) is 40.0 Å². The van der Waals surface area contributed by atoms with Crippen LogP contribution in [0.4, 0.5) is 11.6 Å². The molecule has 2 aromatic heterocycles. The fraction of sp³-hybridized carbons (Fsp3) is 0.0952. The highest BCUT2D eigenvalue weighted by atomic mass is 79.9. The zero-order chi connectivity index (χ0) is 21.3. The predicted octanol–water partition coefficient (Wildman–Crippen LogP) is 4.02. The maximum Gasteiger partial charge on any atom is 0.250 e. The summed E-state index contributed by atoms with van der Waals surface area (Å²) >= 11 is 3.36. The van der Waals surface area contributed by atoms with E-state index in [9.17, 15) is 4.79 Å². The molecule has 0 spiro atoms. The highest BCUT2D eigenvalue weighted by molar-refractivity contribution is 9.10. The quantitative estimate of drug-likeness (QED) is 0.443. The summed E-state index contributed by atoms with van der Waals surface area (Å²) in [5.74, 6) is 1.16. The van der Waals surface area contributed by atoms with Crippen LogP contribution in [-0.4, -0.2) is 34.5 Å². The van der Waals surface area contributed by atoms with Crippen molar-refractivity contribution in [1.82, 2.24) is 14.4 Å². The maximum atomic E-state index is 11.9. The molecule has 152 valence electrons. The SMILES string of the molecule is COc1ccc(-c2cc3nccn3c(Nc3ccc(Br)cc3C(N)=O)n2)cc1OC. The van der Waals surface area contributed by atoms with Crippen LogP contribution in [-0.2, 0) is 0 Å². The number of ether oxygens (including phenoxy) is 2. The van der Waals surface area contributed by atoms with Gasteiger partial charge in [-0.1, -0.05) is 15.9 Å². The lowest BCUT2D eigenvalue weighted by Crippen LogP contribution is -2.14. The molecule has 0 radical (unpaired) electrons. The number of nitrogens with one attached hydrogen (secondary N) is 1. The summed E-state index contributed by atoms with van der Waals surface area (Å²) < 4.78 is 13.3. The third kappa shape index (κ3) is 3.67. The normalized spacial score (nSPS) is 10.8. The molecule has 0 saturated heterocycles. The molecule has 2 aromatic carbocycles. The van der Waals surface area contributed by atoms with E-state index in [-0.39, 0.29) is 0 Å². The van der Waals surface area contributed by atoms with Gasteiger partial charge in [0.25, 0.3) is 5.91 Å². The number of carbonyl (C=O) groups is 1. The zero-order valence-electron chi connectivity index (χ0n) is 16.2. The Bertz CT molecular complexity index is 1250. The first-order chi connectivity index (χ1) is 14.5.